The predicted octanol–water partition coefficient (Wildman–Crippen LogP) is 1.33. The molecule has 0 aromatic rings. The molecule has 0 radical (unpaired) electrons. The van der Waals surface area contributed by atoms with Crippen molar-refractivity contribution in [3.05, 3.63) is 11.6 Å². The molecule has 0 fully saturated rings. The smallest absolute Gasteiger partial charge is 0.117 e. The van der Waals surface area contributed by atoms with Crippen LogP contribution >= 0.6 is 0 Å². The van der Waals surface area contributed by atoms with Gasteiger partial charge in [-0.3, -0.25) is 4.99 Å². The van der Waals surface area contributed by atoms with Gasteiger partial charge in [0.05, 0.1) is 0 Å². The zero-order valence-electron chi connectivity index (χ0n) is 6.31. The van der Waals surface area contributed by atoms with Crippen molar-refractivity contribution in [3.63, 3.8) is 0 Å². The Hall–Kier alpha value is -0.790. The van der Waals surface area contributed by atoms with Crippen molar-refractivity contribution in [3.8, 4) is 0 Å². The fraction of sp³-hybridized carbons (Fsp3) is 0.571. The van der Waals surface area contributed by atoms with E-state index in [1.165, 1.54) is 5.57 Å². The minimum Gasteiger partial charge on any atom is -0.384 e. The van der Waals surface area contributed by atoms with Gasteiger partial charge in [-0.05, 0) is 19.4 Å². The van der Waals surface area contributed by atoms with Crippen LogP contribution in [0.5, 0.6) is 0 Å². The maximum absolute atomic E-state index is 5.42. The standard InChI is InChI=1S/C7H14N2/c1-4-6(2)5-7(8)9-3/h5H,4H2,1-3H3,(H2,8,9)/b6-5-. The summed E-state index contributed by atoms with van der Waals surface area (Å²) in [7, 11) is 1.69. The van der Waals surface area contributed by atoms with E-state index < -0.39 is 0 Å². The number of allylic oxidation sites excluding steroid dienone is 1. The first-order valence-electron chi connectivity index (χ1n) is 3.10. The number of nitrogens with zero attached hydrogens (tertiary/aromatic N) is 1. The minimum absolute atomic E-state index is 0.606. The van der Waals surface area contributed by atoms with Crippen molar-refractivity contribution >= 4 is 5.84 Å². The molecule has 0 rings (SSSR count). The van der Waals surface area contributed by atoms with E-state index in [2.05, 4.69) is 11.9 Å². The van der Waals surface area contributed by atoms with E-state index in [0.29, 0.717) is 5.84 Å². The lowest BCUT2D eigenvalue weighted by molar-refractivity contribution is 1.10. The van der Waals surface area contributed by atoms with Gasteiger partial charge in [0.1, 0.15) is 5.84 Å². The molecule has 0 aromatic carbocycles. The summed E-state index contributed by atoms with van der Waals surface area (Å²) in [5.74, 6) is 0.606. The minimum atomic E-state index is 0.606. The number of hydrogen-bond donors (Lipinski definition) is 1. The molecular formula is C7H14N2. The lowest BCUT2D eigenvalue weighted by Gasteiger charge is -1.92. The van der Waals surface area contributed by atoms with Gasteiger partial charge in [-0.15, -0.1) is 0 Å². The van der Waals surface area contributed by atoms with Gasteiger partial charge in [0, 0.05) is 7.05 Å². The van der Waals surface area contributed by atoms with Crippen LogP contribution in [0.3, 0.4) is 0 Å². The Balaban J connectivity index is 3.95. The predicted molar refractivity (Wildman–Crippen MR) is 41.6 cm³/mol. The molecular weight excluding hydrogens is 112 g/mol. The molecule has 0 bridgehead atoms. The second-order valence-electron chi connectivity index (χ2n) is 1.99. The van der Waals surface area contributed by atoms with Crippen molar-refractivity contribution in [1.29, 1.82) is 0 Å². The van der Waals surface area contributed by atoms with Gasteiger partial charge in [0.15, 0.2) is 0 Å². The van der Waals surface area contributed by atoms with Crippen LogP contribution in [0.1, 0.15) is 20.3 Å². The molecule has 2 nitrogen and oxygen atoms in total. The number of rotatable bonds is 2. The van der Waals surface area contributed by atoms with E-state index in [-0.39, 0.29) is 0 Å². The van der Waals surface area contributed by atoms with Crippen LogP contribution in [0.4, 0.5) is 0 Å². The summed E-state index contributed by atoms with van der Waals surface area (Å²) in [6.45, 7) is 4.13. The first-order chi connectivity index (χ1) is 4.20. The number of hydrogen-bond acceptors (Lipinski definition) is 1. The van der Waals surface area contributed by atoms with E-state index in [9.17, 15) is 0 Å². The third-order valence-corrected chi connectivity index (χ3v) is 1.21. The van der Waals surface area contributed by atoms with Crippen molar-refractivity contribution < 1.29 is 0 Å². The SMILES string of the molecule is CC/C(C)=C\C(N)=NC. The van der Waals surface area contributed by atoms with E-state index in [1.54, 1.807) is 7.05 Å². The average molecular weight is 126 g/mol. The van der Waals surface area contributed by atoms with Crippen molar-refractivity contribution in [1.82, 2.24) is 0 Å². The van der Waals surface area contributed by atoms with Crippen LogP contribution in [0, 0.1) is 0 Å². The van der Waals surface area contributed by atoms with E-state index in [1.807, 2.05) is 13.0 Å². The molecule has 0 aliphatic carbocycles. The fourth-order valence-corrected chi connectivity index (χ4v) is 0.419. The first-order valence-corrected chi connectivity index (χ1v) is 3.10. The highest BCUT2D eigenvalue weighted by molar-refractivity contribution is 5.91. The summed E-state index contributed by atoms with van der Waals surface area (Å²) in [5.41, 5.74) is 6.69. The van der Waals surface area contributed by atoms with Crippen LogP contribution in [0.2, 0.25) is 0 Å². The van der Waals surface area contributed by atoms with Crippen molar-refractivity contribution in [2.75, 3.05) is 7.05 Å². The average Bonchev–Trinajstić information content (AvgIpc) is 1.87. The highest BCUT2D eigenvalue weighted by Crippen LogP contribution is 1.95. The van der Waals surface area contributed by atoms with E-state index >= 15 is 0 Å². The Morgan fingerprint density at radius 3 is 2.56 bits per heavy atom. The number of amidine groups is 1. The molecule has 0 saturated carbocycles. The van der Waals surface area contributed by atoms with Crippen LogP contribution < -0.4 is 5.73 Å². The van der Waals surface area contributed by atoms with Gasteiger partial charge in [-0.1, -0.05) is 12.5 Å². The quantitative estimate of drug-likeness (QED) is 0.440. The molecule has 9 heavy (non-hydrogen) atoms. The first kappa shape index (κ1) is 8.21. The highest BCUT2D eigenvalue weighted by Gasteiger charge is 1.84. The summed E-state index contributed by atoms with van der Waals surface area (Å²) in [4.78, 5) is 3.79. The van der Waals surface area contributed by atoms with Gasteiger partial charge in [-0.25, -0.2) is 0 Å². The Morgan fingerprint density at radius 1 is 1.67 bits per heavy atom. The summed E-state index contributed by atoms with van der Waals surface area (Å²) >= 11 is 0. The Labute approximate surface area is 56.5 Å². The lowest BCUT2D eigenvalue weighted by atomic mass is 10.2. The zero-order chi connectivity index (χ0) is 7.28. The number of nitrogens with two attached hydrogens (primary N) is 1. The normalized spacial score (nSPS) is 14.1. The molecule has 0 aliphatic rings. The lowest BCUT2D eigenvalue weighted by Crippen LogP contribution is -2.07. The molecule has 52 valence electrons. The van der Waals surface area contributed by atoms with Crippen LogP contribution in [0.15, 0.2) is 16.6 Å². The molecule has 2 N–H and O–H groups in total. The number of aliphatic imine (C=N–C) groups is 1. The summed E-state index contributed by atoms with van der Waals surface area (Å²) in [5, 5.41) is 0. The van der Waals surface area contributed by atoms with E-state index in [0.717, 1.165) is 6.42 Å². The molecule has 0 unspecified atom stereocenters. The Bertz CT molecular complexity index is 134. The summed E-state index contributed by atoms with van der Waals surface area (Å²) < 4.78 is 0. The maximum Gasteiger partial charge on any atom is 0.117 e. The van der Waals surface area contributed by atoms with Crippen LogP contribution in [-0.2, 0) is 0 Å². The van der Waals surface area contributed by atoms with Gasteiger partial charge < -0.3 is 5.73 Å². The Morgan fingerprint density at radius 2 is 2.22 bits per heavy atom. The molecule has 0 heterocycles. The Kier molecular flexibility index (Phi) is 3.76. The summed E-state index contributed by atoms with van der Waals surface area (Å²) in [6, 6.07) is 0. The topological polar surface area (TPSA) is 38.4 Å². The van der Waals surface area contributed by atoms with E-state index in [4.69, 9.17) is 5.73 Å². The van der Waals surface area contributed by atoms with Gasteiger partial charge >= 0.3 is 0 Å². The van der Waals surface area contributed by atoms with Crippen LogP contribution in [0.25, 0.3) is 0 Å². The summed E-state index contributed by atoms with van der Waals surface area (Å²) in [6.07, 6.45) is 2.93. The second-order valence-corrected chi connectivity index (χ2v) is 1.99. The zero-order valence-corrected chi connectivity index (χ0v) is 6.31. The monoisotopic (exact) mass is 126 g/mol. The maximum atomic E-state index is 5.42. The van der Waals surface area contributed by atoms with Gasteiger partial charge in [-0.2, -0.15) is 0 Å². The third kappa shape index (κ3) is 3.76. The van der Waals surface area contributed by atoms with Gasteiger partial charge in [0.25, 0.3) is 0 Å². The molecule has 0 amide bonds. The third-order valence-electron chi connectivity index (χ3n) is 1.21. The molecule has 0 spiro atoms. The van der Waals surface area contributed by atoms with Gasteiger partial charge in [0.2, 0.25) is 0 Å². The molecule has 0 aromatic heterocycles. The van der Waals surface area contributed by atoms with Crippen LogP contribution in [-0.4, -0.2) is 12.9 Å². The molecule has 0 atom stereocenters. The van der Waals surface area contributed by atoms with Crippen molar-refractivity contribution in [2.24, 2.45) is 10.7 Å². The molecule has 2 heteroatoms. The molecule has 0 saturated heterocycles. The van der Waals surface area contributed by atoms with Crippen molar-refractivity contribution in [2.45, 2.75) is 20.3 Å². The largest absolute Gasteiger partial charge is 0.384 e. The second kappa shape index (κ2) is 4.13. The highest BCUT2D eigenvalue weighted by atomic mass is 14.8. The molecule has 0 aliphatic heterocycles. The fourth-order valence-electron chi connectivity index (χ4n) is 0.419.